The van der Waals surface area contributed by atoms with Gasteiger partial charge in [0.2, 0.25) is 0 Å². The van der Waals surface area contributed by atoms with Crippen LogP contribution in [0.3, 0.4) is 0 Å². The predicted molar refractivity (Wildman–Crippen MR) is 109 cm³/mol. The zero-order chi connectivity index (χ0) is 19.3. The highest BCUT2D eigenvalue weighted by Crippen LogP contribution is 2.22. The highest BCUT2D eigenvalue weighted by atomic mass is 16.2. The molecule has 2 aromatic carbocycles. The van der Waals surface area contributed by atoms with Gasteiger partial charge in [0.05, 0.1) is 11.7 Å². The second-order valence-electron chi connectivity index (χ2n) is 6.89. The third kappa shape index (κ3) is 3.96. The predicted octanol–water partition coefficient (Wildman–Crippen LogP) is 3.83. The van der Waals surface area contributed by atoms with E-state index in [4.69, 9.17) is 0 Å². The molecule has 142 valence electrons. The molecule has 0 radical (unpaired) electrons. The Hall–Kier alpha value is -3.41. The highest BCUT2D eigenvalue weighted by Gasteiger charge is 2.19. The minimum absolute atomic E-state index is 0.0313. The lowest BCUT2D eigenvalue weighted by molar-refractivity contribution is 0.200. The molecule has 1 aliphatic rings. The largest absolute Gasteiger partial charge is 0.331 e. The maximum absolute atomic E-state index is 12.6. The standard InChI is InChI=1S/C22H23N5O/c1-17(18-7-9-21(10-8-18)27-16-23-15-24-27)25-22(28)26-13-11-20(12-14-26)19-5-3-2-4-6-19/h2-11,15-17H,12-14H2,1H3,(H,25,28). The lowest BCUT2D eigenvalue weighted by Gasteiger charge is -2.28. The zero-order valence-electron chi connectivity index (χ0n) is 15.8. The Morgan fingerprint density at radius 1 is 1.11 bits per heavy atom. The molecule has 6 heteroatoms. The Morgan fingerprint density at radius 2 is 1.89 bits per heavy atom. The number of carbonyl (C=O) groups is 1. The van der Waals surface area contributed by atoms with Gasteiger partial charge < -0.3 is 10.2 Å². The number of hydrogen-bond acceptors (Lipinski definition) is 3. The summed E-state index contributed by atoms with van der Waals surface area (Å²) < 4.78 is 1.71. The van der Waals surface area contributed by atoms with Crippen molar-refractivity contribution in [1.29, 1.82) is 0 Å². The third-order valence-corrected chi connectivity index (χ3v) is 5.06. The highest BCUT2D eigenvalue weighted by molar-refractivity contribution is 5.77. The minimum Gasteiger partial charge on any atom is -0.331 e. The van der Waals surface area contributed by atoms with Gasteiger partial charge in [0.15, 0.2) is 0 Å². The molecule has 1 unspecified atom stereocenters. The molecular weight excluding hydrogens is 350 g/mol. The number of urea groups is 1. The van der Waals surface area contributed by atoms with Gasteiger partial charge in [0.1, 0.15) is 12.7 Å². The van der Waals surface area contributed by atoms with Crippen LogP contribution in [0.25, 0.3) is 11.3 Å². The number of amides is 2. The van der Waals surface area contributed by atoms with Gasteiger partial charge in [-0.05, 0) is 42.2 Å². The number of benzene rings is 2. The van der Waals surface area contributed by atoms with Crippen molar-refractivity contribution in [1.82, 2.24) is 25.0 Å². The SMILES string of the molecule is CC(NC(=O)N1CC=C(c2ccccc2)CC1)c1ccc(-n2cncn2)cc1. The van der Waals surface area contributed by atoms with Crippen LogP contribution < -0.4 is 5.32 Å². The van der Waals surface area contributed by atoms with Gasteiger partial charge in [0.25, 0.3) is 0 Å². The Bertz CT molecular complexity index is 948. The quantitative estimate of drug-likeness (QED) is 0.756. The maximum atomic E-state index is 12.6. The van der Waals surface area contributed by atoms with Crippen LogP contribution in [0.5, 0.6) is 0 Å². The molecule has 28 heavy (non-hydrogen) atoms. The minimum atomic E-state index is -0.0724. The molecule has 0 fully saturated rings. The van der Waals surface area contributed by atoms with E-state index in [9.17, 15) is 4.79 Å². The monoisotopic (exact) mass is 373 g/mol. The summed E-state index contributed by atoms with van der Waals surface area (Å²) in [5.74, 6) is 0. The van der Waals surface area contributed by atoms with Crippen molar-refractivity contribution in [3.05, 3.63) is 84.5 Å². The molecule has 0 spiro atoms. The van der Waals surface area contributed by atoms with Crippen molar-refractivity contribution in [2.24, 2.45) is 0 Å². The van der Waals surface area contributed by atoms with Crippen LogP contribution >= 0.6 is 0 Å². The van der Waals surface area contributed by atoms with Crippen LogP contribution in [0.4, 0.5) is 4.79 Å². The molecule has 0 aliphatic carbocycles. The topological polar surface area (TPSA) is 63.1 Å². The molecule has 0 saturated heterocycles. The number of nitrogens with zero attached hydrogens (tertiary/aromatic N) is 4. The number of rotatable bonds is 4. The van der Waals surface area contributed by atoms with Crippen LogP contribution in [0.2, 0.25) is 0 Å². The van der Waals surface area contributed by atoms with Crippen molar-refractivity contribution >= 4 is 11.6 Å². The van der Waals surface area contributed by atoms with Crippen molar-refractivity contribution in [2.45, 2.75) is 19.4 Å². The molecule has 2 amide bonds. The summed E-state index contributed by atoms with van der Waals surface area (Å²) in [6.45, 7) is 3.36. The van der Waals surface area contributed by atoms with Crippen LogP contribution in [0.15, 0.2) is 73.3 Å². The summed E-state index contributed by atoms with van der Waals surface area (Å²) in [4.78, 5) is 18.5. The Balaban J connectivity index is 1.35. The van der Waals surface area contributed by atoms with E-state index in [1.807, 2.05) is 54.3 Å². The van der Waals surface area contributed by atoms with Crippen molar-refractivity contribution in [3.8, 4) is 5.69 Å². The first-order valence-corrected chi connectivity index (χ1v) is 9.45. The van der Waals surface area contributed by atoms with Crippen molar-refractivity contribution < 1.29 is 4.79 Å². The molecule has 1 atom stereocenters. The first kappa shape index (κ1) is 18.0. The lowest BCUT2D eigenvalue weighted by Crippen LogP contribution is -2.43. The van der Waals surface area contributed by atoms with Crippen molar-refractivity contribution in [3.63, 3.8) is 0 Å². The molecule has 1 aromatic heterocycles. The van der Waals surface area contributed by atoms with Gasteiger partial charge >= 0.3 is 6.03 Å². The second kappa shape index (κ2) is 8.08. The third-order valence-electron chi connectivity index (χ3n) is 5.06. The van der Waals surface area contributed by atoms with Crippen LogP contribution in [-0.4, -0.2) is 38.8 Å². The van der Waals surface area contributed by atoms with Gasteiger partial charge in [-0.15, -0.1) is 0 Å². The van der Waals surface area contributed by atoms with E-state index in [1.54, 1.807) is 11.0 Å². The van der Waals surface area contributed by atoms with E-state index < -0.39 is 0 Å². The number of aromatic nitrogens is 3. The Kier molecular flexibility index (Phi) is 5.19. The smallest absolute Gasteiger partial charge is 0.318 e. The van der Waals surface area contributed by atoms with E-state index in [2.05, 4.69) is 33.6 Å². The van der Waals surface area contributed by atoms with Crippen LogP contribution in [-0.2, 0) is 0 Å². The first-order valence-electron chi connectivity index (χ1n) is 9.45. The van der Waals surface area contributed by atoms with Crippen LogP contribution in [0.1, 0.15) is 30.5 Å². The summed E-state index contributed by atoms with van der Waals surface area (Å²) in [5, 5.41) is 7.22. The molecule has 4 rings (SSSR count). The summed E-state index contributed by atoms with van der Waals surface area (Å²) in [6.07, 6.45) is 6.19. The van der Waals surface area contributed by atoms with E-state index >= 15 is 0 Å². The van der Waals surface area contributed by atoms with Gasteiger partial charge in [-0.3, -0.25) is 0 Å². The van der Waals surface area contributed by atoms with Gasteiger partial charge in [-0.2, -0.15) is 5.10 Å². The zero-order valence-corrected chi connectivity index (χ0v) is 15.8. The van der Waals surface area contributed by atoms with E-state index in [0.717, 1.165) is 24.2 Å². The average Bonchev–Trinajstić information content (AvgIpc) is 3.29. The van der Waals surface area contributed by atoms with E-state index in [0.29, 0.717) is 6.54 Å². The molecular formula is C22H23N5O. The number of nitrogens with one attached hydrogen (secondary N) is 1. The Labute approximate surface area is 164 Å². The fraction of sp³-hybridized carbons (Fsp3) is 0.227. The first-order chi connectivity index (χ1) is 13.7. The fourth-order valence-electron chi connectivity index (χ4n) is 3.39. The molecule has 2 heterocycles. The summed E-state index contributed by atoms with van der Waals surface area (Å²) in [5.41, 5.74) is 4.54. The lowest BCUT2D eigenvalue weighted by atomic mass is 10.00. The molecule has 3 aromatic rings. The maximum Gasteiger partial charge on any atom is 0.318 e. The van der Waals surface area contributed by atoms with E-state index in [1.165, 1.54) is 17.5 Å². The van der Waals surface area contributed by atoms with E-state index in [-0.39, 0.29) is 12.1 Å². The Morgan fingerprint density at radius 3 is 2.54 bits per heavy atom. The molecule has 0 saturated carbocycles. The number of hydrogen-bond donors (Lipinski definition) is 1. The fourth-order valence-corrected chi connectivity index (χ4v) is 3.39. The van der Waals surface area contributed by atoms with Gasteiger partial charge in [-0.25, -0.2) is 14.5 Å². The van der Waals surface area contributed by atoms with Gasteiger partial charge in [-0.1, -0.05) is 48.5 Å². The van der Waals surface area contributed by atoms with Crippen LogP contribution in [0, 0.1) is 0 Å². The summed E-state index contributed by atoms with van der Waals surface area (Å²) >= 11 is 0. The second-order valence-corrected chi connectivity index (χ2v) is 6.89. The normalized spacial score (nSPS) is 15.0. The summed E-state index contributed by atoms with van der Waals surface area (Å²) in [7, 11) is 0. The summed E-state index contributed by atoms with van der Waals surface area (Å²) in [6, 6.07) is 18.2. The molecule has 1 aliphatic heterocycles. The van der Waals surface area contributed by atoms with Gasteiger partial charge in [0, 0.05) is 13.1 Å². The van der Waals surface area contributed by atoms with Crippen molar-refractivity contribution in [2.75, 3.05) is 13.1 Å². The number of carbonyl (C=O) groups excluding carboxylic acids is 1. The average molecular weight is 373 g/mol. The molecule has 6 nitrogen and oxygen atoms in total. The molecule has 0 bridgehead atoms. The molecule has 1 N–H and O–H groups in total.